The number of rotatable bonds is 1. The van der Waals surface area contributed by atoms with Crippen LogP contribution in [0.3, 0.4) is 0 Å². The van der Waals surface area contributed by atoms with Crippen LogP contribution >= 0.6 is 0 Å². The van der Waals surface area contributed by atoms with Crippen LogP contribution in [0.15, 0.2) is 47.6 Å². The lowest BCUT2D eigenvalue weighted by molar-refractivity contribution is -0.131. The van der Waals surface area contributed by atoms with E-state index in [9.17, 15) is 4.79 Å². The first-order valence-corrected chi connectivity index (χ1v) is 4.75. The summed E-state index contributed by atoms with van der Waals surface area (Å²) in [6.07, 6.45) is 5.76. The first-order chi connectivity index (χ1) is 7.29. The molecule has 0 aliphatic heterocycles. The van der Waals surface area contributed by atoms with Gasteiger partial charge >= 0.3 is 5.97 Å². The highest BCUT2D eigenvalue weighted by Crippen LogP contribution is 2.48. The second-order valence-electron chi connectivity index (χ2n) is 3.58. The van der Waals surface area contributed by atoms with Gasteiger partial charge in [0.05, 0.1) is 5.57 Å². The van der Waals surface area contributed by atoms with Crippen LogP contribution in [-0.4, -0.2) is 11.1 Å². The van der Waals surface area contributed by atoms with Gasteiger partial charge in [-0.15, -0.1) is 0 Å². The van der Waals surface area contributed by atoms with Crippen molar-refractivity contribution >= 4 is 17.6 Å². The van der Waals surface area contributed by atoms with E-state index in [1.54, 1.807) is 0 Å². The molecular formula is C13H8O2. The zero-order valence-corrected chi connectivity index (χ0v) is 7.90. The Kier molecular flexibility index (Phi) is 1.48. The molecule has 0 saturated carbocycles. The fourth-order valence-electron chi connectivity index (χ4n) is 1.99. The summed E-state index contributed by atoms with van der Waals surface area (Å²) in [7, 11) is 0. The minimum absolute atomic E-state index is 0.465. The van der Waals surface area contributed by atoms with Crippen LogP contribution in [0.1, 0.15) is 11.1 Å². The third-order valence-corrected chi connectivity index (χ3v) is 2.71. The van der Waals surface area contributed by atoms with Gasteiger partial charge in [0.15, 0.2) is 0 Å². The molecule has 0 fully saturated rings. The number of allylic oxidation sites excluding steroid dienone is 3. The third-order valence-electron chi connectivity index (χ3n) is 2.71. The molecule has 1 N–H and O–H groups in total. The first-order valence-electron chi connectivity index (χ1n) is 4.75. The van der Waals surface area contributed by atoms with E-state index >= 15 is 0 Å². The van der Waals surface area contributed by atoms with E-state index in [0.29, 0.717) is 5.57 Å². The number of carboxylic acids is 1. The molecule has 0 aromatic heterocycles. The summed E-state index contributed by atoms with van der Waals surface area (Å²) in [5.74, 6) is -0.832. The van der Waals surface area contributed by atoms with Crippen LogP contribution < -0.4 is 0 Å². The highest BCUT2D eigenvalue weighted by Gasteiger charge is 2.37. The molecule has 0 spiro atoms. The molecular weight excluding hydrogens is 188 g/mol. The van der Waals surface area contributed by atoms with Crippen molar-refractivity contribution in [1.29, 1.82) is 0 Å². The summed E-state index contributed by atoms with van der Waals surface area (Å²) >= 11 is 0. The molecule has 0 amide bonds. The lowest BCUT2D eigenvalue weighted by Crippen LogP contribution is -1.89. The monoisotopic (exact) mass is 196 g/mol. The summed E-state index contributed by atoms with van der Waals surface area (Å²) in [4.78, 5) is 10.9. The van der Waals surface area contributed by atoms with Gasteiger partial charge in [-0.1, -0.05) is 42.5 Å². The van der Waals surface area contributed by atoms with Crippen LogP contribution in [0.2, 0.25) is 0 Å². The fraction of sp³-hybridized carbons (Fsp3) is 0. The molecule has 2 nitrogen and oxygen atoms in total. The predicted octanol–water partition coefficient (Wildman–Crippen LogP) is 2.49. The van der Waals surface area contributed by atoms with Gasteiger partial charge in [-0.2, -0.15) is 0 Å². The largest absolute Gasteiger partial charge is 0.478 e. The van der Waals surface area contributed by atoms with E-state index in [2.05, 4.69) is 0 Å². The molecule has 2 aliphatic carbocycles. The second kappa shape index (κ2) is 2.70. The number of aliphatic carboxylic acids is 1. The number of benzene rings is 1. The van der Waals surface area contributed by atoms with Gasteiger partial charge in [-0.05, 0) is 16.7 Å². The maximum Gasteiger partial charge on any atom is 0.336 e. The molecule has 1 aromatic rings. The zero-order valence-electron chi connectivity index (χ0n) is 7.90. The van der Waals surface area contributed by atoms with Crippen LogP contribution in [0, 0.1) is 0 Å². The van der Waals surface area contributed by atoms with Crippen molar-refractivity contribution in [2.24, 2.45) is 0 Å². The van der Waals surface area contributed by atoms with Crippen molar-refractivity contribution in [2.45, 2.75) is 0 Å². The van der Waals surface area contributed by atoms with Gasteiger partial charge in [0.1, 0.15) is 0 Å². The lowest BCUT2D eigenvalue weighted by atomic mass is 10.1. The average Bonchev–Trinajstić information content (AvgIpc) is 2.92. The summed E-state index contributed by atoms with van der Waals surface area (Å²) < 4.78 is 0. The summed E-state index contributed by atoms with van der Waals surface area (Å²) in [5.41, 5.74) is 4.32. The average molecular weight is 196 g/mol. The van der Waals surface area contributed by atoms with Gasteiger partial charge in [-0.3, -0.25) is 0 Å². The minimum Gasteiger partial charge on any atom is -0.478 e. The van der Waals surface area contributed by atoms with E-state index in [0.717, 1.165) is 22.3 Å². The SMILES string of the molecule is O=C(O)C1=C2C1=CC=Cc1ccccc12. The predicted molar refractivity (Wildman–Crippen MR) is 58.1 cm³/mol. The van der Waals surface area contributed by atoms with Crippen molar-refractivity contribution in [3.63, 3.8) is 0 Å². The Hall–Kier alpha value is -2.09. The summed E-state index contributed by atoms with van der Waals surface area (Å²) in [6, 6.07) is 7.84. The van der Waals surface area contributed by atoms with E-state index in [1.807, 2.05) is 42.5 Å². The molecule has 3 rings (SSSR count). The van der Waals surface area contributed by atoms with Gasteiger partial charge in [0.25, 0.3) is 0 Å². The molecule has 0 radical (unpaired) electrons. The van der Waals surface area contributed by atoms with Crippen LogP contribution in [0.25, 0.3) is 11.6 Å². The summed E-state index contributed by atoms with van der Waals surface area (Å²) in [5, 5.41) is 8.98. The van der Waals surface area contributed by atoms with Crippen LogP contribution in [0.5, 0.6) is 0 Å². The maximum absolute atomic E-state index is 10.9. The lowest BCUT2D eigenvalue weighted by Gasteiger charge is -1.98. The fourth-order valence-corrected chi connectivity index (χ4v) is 1.99. The third kappa shape index (κ3) is 1.08. The Balaban J connectivity index is 2.24. The summed E-state index contributed by atoms with van der Waals surface area (Å²) in [6.45, 7) is 0. The molecule has 0 unspecified atom stereocenters. The second-order valence-corrected chi connectivity index (χ2v) is 3.58. The Bertz CT molecular complexity index is 560. The van der Waals surface area contributed by atoms with E-state index in [4.69, 9.17) is 5.11 Å². The Morgan fingerprint density at radius 2 is 2.00 bits per heavy atom. The van der Waals surface area contributed by atoms with Gasteiger partial charge in [0.2, 0.25) is 0 Å². The standard InChI is InChI=1S/C13H8O2/c14-13(15)12-10-7-3-5-8-4-1-2-6-9(8)11(10)12/h1-7H,(H,14,15). The molecule has 15 heavy (non-hydrogen) atoms. The Morgan fingerprint density at radius 3 is 2.80 bits per heavy atom. The normalized spacial score (nSPS) is 16.4. The Morgan fingerprint density at radius 1 is 1.20 bits per heavy atom. The van der Waals surface area contributed by atoms with Crippen molar-refractivity contribution in [2.75, 3.05) is 0 Å². The molecule has 0 saturated heterocycles. The minimum atomic E-state index is -0.832. The van der Waals surface area contributed by atoms with Gasteiger partial charge in [-0.25, -0.2) is 4.79 Å². The number of hydrogen-bond donors (Lipinski definition) is 1. The molecule has 2 aliphatic rings. The highest BCUT2D eigenvalue weighted by molar-refractivity contribution is 6.22. The number of carbonyl (C=O) groups is 1. The van der Waals surface area contributed by atoms with Gasteiger partial charge in [0, 0.05) is 5.57 Å². The van der Waals surface area contributed by atoms with Crippen LogP contribution in [-0.2, 0) is 4.79 Å². The van der Waals surface area contributed by atoms with E-state index < -0.39 is 5.97 Å². The van der Waals surface area contributed by atoms with E-state index in [1.165, 1.54) is 0 Å². The molecule has 0 bridgehead atoms. The molecule has 72 valence electrons. The van der Waals surface area contributed by atoms with Crippen LogP contribution in [0.4, 0.5) is 0 Å². The van der Waals surface area contributed by atoms with Crippen molar-refractivity contribution in [1.82, 2.24) is 0 Å². The number of hydrogen-bond acceptors (Lipinski definition) is 1. The first kappa shape index (κ1) is 8.24. The maximum atomic E-state index is 10.9. The molecule has 2 heteroatoms. The molecule has 0 heterocycles. The van der Waals surface area contributed by atoms with Crippen molar-refractivity contribution in [3.8, 4) is 0 Å². The van der Waals surface area contributed by atoms with Gasteiger partial charge < -0.3 is 5.11 Å². The Labute approximate surface area is 86.9 Å². The highest BCUT2D eigenvalue weighted by atomic mass is 16.4. The smallest absolute Gasteiger partial charge is 0.336 e. The molecule has 0 atom stereocenters. The van der Waals surface area contributed by atoms with Crippen molar-refractivity contribution in [3.05, 3.63) is 58.7 Å². The van der Waals surface area contributed by atoms with E-state index in [-0.39, 0.29) is 0 Å². The zero-order chi connectivity index (χ0) is 10.4. The van der Waals surface area contributed by atoms with Crippen molar-refractivity contribution < 1.29 is 9.90 Å². The molecule has 1 aromatic carbocycles. The number of fused-ring (bicyclic) bond motifs is 3. The number of carboxylic acid groups (broad SMARTS) is 1. The topological polar surface area (TPSA) is 37.3 Å². The quantitative estimate of drug-likeness (QED) is 0.749.